The van der Waals surface area contributed by atoms with Crippen molar-refractivity contribution in [1.29, 1.82) is 0 Å². The van der Waals surface area contributed by atoms with Crippen LogP contribution in [0.15, 0.2) is 21.2 Å². The molecule has 1 aromatic heterocycles. The van der Waals surface area contributed by atoms with Crippen LogP contribution in [0.5, 0.6) is 0 Å². The first-order chi connectivity index (χ1) is 7.04. The molecule has 0 aliphatic heterocycles. The van der Waals surface area contributed by atoms with Crippen molar-refractivity contribution in [2.24, 2.45) is 5.73 Å². The third kappa shape index (κ3) is 3.55. The summed E-state index contributed by atoms with van der Waals surface area (Å²) in [6.07, 6.45) is 1.62. The van der Waals surface area contributed by atoms with E-state index < -0.39 is 5.97 Å². The van der Waals surface area contributed by atoms with Crippen LogP contribution in [0.3, 0.4) is 0 Å². The minimum atomic E-state index is -0.873. The van der Waals surface area contributed by atoms with E-state index in [2.05, 4.69) is 36.8 Å². The van der Waals surface area contributed by atoms with E-state index >= 15 is 0 Å². The average molecular weight is 338 g/mol. The molecule has 1 heterocycles. The standard InChI is InChI=1S/C9H10Br2N2O2/c10-6-2-7(11)9(13-4-6)5(3-12)1-8(14)15/h2,4-5H,1,3,12H2,(H,14,15). The van der Waals surface area contributed by atoms with Crippen LogP contribution in [0.2, 0.25) is 0 Å². The number of halogens is 2. The van der Waals surface area contributed by atoms with Gasteiger partial charge in [0.25, 0.3) is 0 Å². The monoisotopic (exact) mass is 336 g/mol. The zero-order valence-corrected chi connectivity index (χ0v) is 11.0. The SMILES string of the molecule is NCC(CC(=O)O)c1ncc(Br)cc1Br. The van der Waals surface area contributed by atoms with Crippen molar-refractivity contribution < 1.29 is 9.90 Å². The Morgan fingerprint density at radius 3 is 2.73 bits per heavy atom. The summed E-state index contributed by atoms with van der Waals surface area (Å²) in [5.41, 5.74) is 6.21. The molecule has 1 atom stereocenters. The Labute approximate surface area is 104 Å². The quantitative estimate of drug-likeness (QED) is 0.882. The van der Waals surface area contributed by atoms with E-state index in [0.29, 0.717) is 5.69 Å². The van der Waals surface area contributed by atoms with Crippen molar-refractivity contribution in [2.45, 2.75) is 12.3 Å². The maximum absolute atomic E-state index is 10.6. The highest BCUT2D eigenvalue weighted by Crippen LogP contribution is 2.27. The Balaban J connectivity index is 2.96. The molecule has 1 unspecified atom stereocenters. The van der Waals surface area contributed by atoms with Crippen LogP contribution in [0.25, 0.3) is 0 Å². The van der Waals surface area contributed by atoms with Crippen molar-refractivity contribution in [3.63, 3.8) is 0 Å². The van der Waals surface area contributed by atoms with E-state index in [0.717, 1.165) is 8.95 Å². The number of rotatable bonds is 4. The summed E-state index contributed by atoms with van der Waals surface area (Å²) in [7, 11) is 0. The maximum Gasteiger partial charge on any atom is 0.304 e. The largest absolute Gasteiger partial charge is 0.481 e. The van der Waals surface area contributed by atoms with Crippen molar-refractivity contribution >= 4 is 37.8 Å². The summed E-state index contributed by atoms with van der Waals surface area (Å²) in [5, 5.41) is 8.71. The summed E-state index contributed by atoms with van der Waals surface area (Å²) in [5.74, 6) is -1.13. The lowest BCUT2D eigenvalue weighted by atomic mass is 10.0. The first-order valence-electron chi connectivity index (χ1n) is 4.27. The van der Waals surface area contributed by atoms with Crippen LogP contribution in [0.1, 0.15) is 18.0 Å². The van der Waals surface area contributed by atoms with Gasteiger partial charge in [0.1, 0.15) is 0 Å². The fourth-order valence-electron chi connectivity index (χ4n) is 1.23. The van der Waals surface area contributed by atoms with Crippen LogP contribution >= 0.6 is 31.9 Å². The second kappa shape index (κ2) is 5.58. The highest BCUT2D eigenvalue weighted by molar-refractivity contribution is 9.11. The fraction of sp³-hybridized carbons (Fsp3) is 0.333. The van der Waals surface area contributed by atoms with E-state index in [1.54, 1.807) is 6.20 Å². The van der Waals surface area contributed by atoms with Gasteiger partial charge in [-0.05, 0) is 37.9 Å². The van der Waals surface area contributed by atoms with Crippen molar-refractivity contribution in [2.75, 3.05) is 6.54 Å². The summed E-state index contributed by atoms with van der Waals surface area (Å²) >= 11 is 6.62. The van der Waals surface area contributed by atoms with E-state index in [9.17, 15) is 4.79 Å². The number of pyridine rings is 1. The van der Waals surface area contributed by atoms with Crippen LogP contribution < -0.4 is 5.73 Å². The van der Waals surface area contributed by atoms with Gasteiger partial charge in [0.05, 0.1) is 12.1 Å². The molecule has 15 heavy (non-hydrogen) atoms. The molecule has 1 rings (SSSR count). The Kier molecular flexibility index (Phi) is 4.69. The molecule has 0 radical (unpaired) electrons. The zero-order valence-electron chi connectivity index (χ0n) is 7.78. The lowest BCUT2D eigenvalue weighted by molar-refractivity contribution is -0.137. The van der Waals surface area contributed by atoms with Crippen LogP contribution in [0, 0.1) is 0 Å². The van der Waals surface area contributed by atoms with Gasteiger partial charge < -0.3 is 10.8 Å². The normalized spacial score (nSPS) is 12.5. The van der Waals surface area contributed by atoms with Gasteiger partial charge in [0.2, 0.25) is 0 Å². The van der Waals surface area contributed by atoms with Gasteiger partial charge in [-0.2, -0.15) is 0 Å². The summed E-state index contributed by atoms with van der Waals surface area (Å²) < 4.78 is 1.61. The van der Waals surface area contributed by atoms with Gasteiger partial charge in [-0.15, -0.1) is 0 Å². The number of hydrogen-bond donors (Lipinski definition) is 2. The number of carboxylic acids is 1. The summed E-state index contributed by atoms with van der Waals surface area (Å²) in [6, 6.07) is 1.83. The van der Waals surface area contributed by atoms with E-state index in [1.165, 1.54) is 0 Å². The second-order valence-electron chi connectivity index (χ2n) is 3.05. The molecular weight excluding hydrogens is 328 g/mol. The van der Waals surface area contributed by atoms with Gasteiger partial charge in [-0.3, -0.25) is 9.78 Å². The molecule has 6 heteroatoms. The molecule has 0 aromatic carbocycles. The molecule has 0 spiro atoms. The highest BCUT2D eigenvalue weighted by atomic mass is 79.9. The Morgan fingerprint density at radius 1 is 1.60 bits per heavy atom. The lowest BCUT2D eigenvalue weighted by Gasteiger charge is -2.13. The molecule has 3 N–H and O–H groups in total. The second-order valence-corrected chi connectivity index (χ2v) is 4.82. The predicted octanol–water partition coefficient (Wildman–Crippen LogP) is 2.12. The number of carbonyl (C=O) groups is 1. The molecule has 4 nitrogen and oxygen atoms in total. The summed E-state index contributed by atoms with van der Waals surface area (Å²) in [4.78, 5) is 14.8. The predicted molar refractivity (Wildman–Crippen MR) is 63.7 cm³/mol. The molecule has 0 aliphatic rings. The average Bonchev–Trinajstić information content (AvgIpc) is 2.14. The molecule has 0 saturated carbocycles. The third-order valence-electron chi connectivity index (χ3n) is 1.93. The molecule has 1 aromatic rings. The van der Waals surface area contributed by atoms with E-state index in [4.69, 9.17) is 10.8 Å². The first kappa shape index (κ1) is 12.6. The molecule has 0 amide bonds. The van der Waals surface area contributed by atoms with Gasteiger partial charge >= 0.3 is 5.97 Å². The number of nitrogens with zero attached hydrogens (tertiary/aromatic N) is 1. The fourth-order valence-corrected chi connectivity index (χ4v) is 2.54. The van der Waals surface area contributed by atoms with Crippen LogP contribution in [-0.4, -0.2) is 22.6 Å². The molecule has 0 fully saturated rings. The minimum Gasteiger partial charge on any atom is -0.481 e. The summed E-state index contributed by atoms with van der Waals surface area (Å²) in [6.45, 7) is 0.263. The number of aromatic nitrogens is 1. The molecule has 0 bridgehead atoms. The third-order valence-corrected chi connectivity index (χ3v) is 3.00. The molecular formula is C9H10Br2N2O2. The molecule has 82 valence electrons. The lowest BCUT2D eigenvalue weighted by Crippen LogP contribution is -2.17. The van der Waals surface area contributed by atoms with Gasteiger partial charge in [0.15, 0.2) is 0 Å². The van der Waals surface area contributed by atoms with Gasteiger partial charge in [-0.1, -0.05) is 0 Å². The topological polar surface area (TPSA) is 76.2 Å². The van der Waals surface area contributed by atoms with E-state index in [-0.39, 0.29) is 18.9 Å². The molecule has 0 aliphatic carbocycles. The molecule has 0 saturated heterocycles. The van der Waals surface area contributed by atoms with E-state index in [1.807, 2.05) is 6.07 Å². The smallest absolute Gasteiger partial charge is 0.304 e. The number of nitrogens with two attached hydrogens (primary N) is 1. The Morgan fingerprint density at radius 2 is 2.27 bits per heavy atom. The van der Waals surface area contributed by atoms with Gasteiger partial charge in [-0.25, -0.2) is 0 Å². The minimum absolute atomic E-state index is 0.0102. The van der Waals surface area contributed by atoms with Gasteiger partial charge in [0, 0.05) is 27.6 Å². The Hall–Kier alpha value is -0.460. The van der Waals surface area contributed by atoms with Crippen molar-refractivity contribution in [3.8, 4) is 0 Å². The first-order valence-corrected chi connectivity index (χ1v) is 5.86. The Bertz CT molecular complexity index is 371. The van der Waals surface area contributed by atoms with Crippen LogP contribution in [0.4, 0.5) is 0 Å². The maximum atomic E-state index is 10.6. The number of hydrogen-bond acceptors (Lipinski definition) is 3. The van der Waals surface area contributed by atoms with Crippen LogP contribution in [-0.2, 0) is 4.79 Å². The number of carboxylic acid groups (broad SMARTS) is 1. The highest BCUT2D eigenvalue weighted by Gasteiger charge is 2.18. The zero-order chi connectivity index (χ0) is 11.4. The van der Waals surface area contributed by atoms with Crippen molar-refractivity contribution in [1.82, 2.24) is 4.98 Å². The van der Waals surface area contributed by atoms with Crippen molar-refractivity contribution in [3.05, 3.63) is 26.9 Å². The number of aliphatic carboxylic acids is 1.